The molecule has 0 spiro atoms. The number of rotatable bonds is 9. The molecule has 4 heterocycles. The van der Waals surface area contributed by atoms with Crippen LogP contribution in [-0.4, -0.2) is 87.8 Å². The molecule has 6 N–H and O–H groups in total. The number of carboxylic acid groups (broad SMARTS) is 1. The van der Waals surface area contributed by atoms with Crippen LogP contribution >= 0.6 is 34.9 Å². The van der Waals surface area contributed by atoms with Gasteiger partial charge in [-0.1, -0.05) is 22.0 Å². The van der Waals surface area contributed by atoms with Crippen LogP contribution in [0.25, 0.3) is 0 Å². The Bertz CT molecular complexity index is 1220. The van der Waals surface area contributed by atoms with Gasteiger partial charge in [0.1, 0.15) is 28.9 Å². The molecule has 2 aromatic heterocycles. The molecule has 1 fully saturated rings. The molecular weight excluding hydrogens is 520 g/mol. The highest BCUT2D eigenvalue weighted by molar-refractivity contribution is 8.01. The molecule has 18 heteroatoms. The Hall–Kier alpha value is -3.38. The molecule has 0 aliphatic carbocycles. The van der Waals surface area contributed by atoms with Crippen molar-refractivity contribution in [2.75, 3.05) is 23.1 Å². The summed E-state index contributed by atoms with van der Waals surface area (Å²) in [6.07, 6.45) is -0.299. The number of amides is 2. The predicted octanol–water partition coefficient (Wildman–Crippen LogP) is -0.914. The zero-order valence-corrected chi connectivity index (χ0v) is 20.8. The number of carboxylic acids is 1. The van der Waals surface area contributed by atoms with Crippen LogP contribution in [0, 0.1) is 0 Å². The van der Waals surface area contributed by atoms with Gasteiger partial charge in [0.2, 0.25) is 5.16 Å². The van der Waals surface area contributed by atoms with Gasteiger partial charge in [0.15, 0.2) is 10.8 Å². The third kappa shape index (κ3) is 5.03. The molecule has 0 aromatic carbocycles. The highest BCUT2D eigenvalue weighted by atomic mass is 32.2. The number of nitrogen functional groups attached to an aromatic ring is 2. The molecule has 15 nitrogen and oxygen atoms in total. The Balaban J connectivity index is 1.50. The van der Waals surface area contributed by atoms with Crippen LogP contribution in [0.5, 0.6) is 0 Å². The van der Waals surface area contributed by atoms with Crippen molar-refractivity contribution in [2.45, 2.75) is 36.5 Å². The van der Waals surface area contributed by atoms with Gasteiger partial charge in [-0.25, -0.2) is 9.78 Å². The monoisotopic (exact) mass is 540 g/mol. The highest BCUT2D eigenvalue weighted by Crippen LogP contribution is 2.41. The lowest BCUT2D eigenvalue weighted by Crippen LogP contribution is -2.71. The van der Waals surface area contributed by atoms with E-state index >= 15 is 0 Å². The van der Waals surface area contributed by atoms with E-state index in [2.05, 4.69) is 31.0 Å². The van der Waals surface area contributed by atoms with Crippen molar-refractivity contribution in [3.63, 3.8) is 0 Å². The molecule has 2 aromatic rings. The molecule has 0 saturated carbocycles. The van der Waals surface area contributed by atoms with Crippen molar-refractivity contribution in [3.05, 3.63) is 22.3 Å². The minimum atomic E-state index is -1.25. The average molecular weight is 541 g/mol. The number of thiazole rings is 1. The number of carbonyl (C=O) groups is 3. The highest BCUT2D eigenvalue weighted by Gasteiger charge is 2.54. The number of hydrogen-bond acceptors (Lipinski definition) is 14. The predicted molar refractivity (Wildman–Crippen MR) is 128 cm³/mol. The molecule has 1 saturated heterocycles. The van der Waals surface area contributed by atoms with Crippen molar-refractivity contribution >= 4 is 63.5 Å². The second kappa shape index (κ2) is 10.1. The number of β-lactam (4-membered cyclic amide) rings is 1. The molecule has 35 heavy (non-hydrogen) atoms. The summed E-state index contributed by atoms with van der Waals surface area (Å²) in [5.41, 5.74) is 6.13. The van der Waals surface area contributed by atoms with Crippen LogP contribution in [0.15, 0.2) is 27.0 Å². The van der Waals surface area contributed by atoms with Crippen LogP contribution in [0.3, 0.4) is 0 Å². The second-order valence-electron chi connectivity index (χ2n) is 7.48. The Morgan fingerprint density at radius 3 is 2.83 bits per heavy atom. The minimum Gasteiger partial charge on any atom is -0.477 e. The first kappa shape index (κ1) is 24.7. The fourth-order valence-electron chi connectivity index (χ4n) is 3.20. The maximum absolute atomic E-state index is 13.0. The molecule has 0 unspecified atom stereocenters. The molecule has 2 aliphatic rings. The van der Waals surface area contributed by atoms with Gasteiger partial charge in [-0.2, -0.15) is 0 Å². The third-order valence-electron chi connectivity index (χ3n) is 4.71. The van der Waals surface area contributed by atoms with E-state index < -0.39 is 29.2 Å². The first-order valence-electron chi connectivity index (χ1n) is 9.99. The number of nitrogens with two attached hydrogens (primary N) is 2. The summed E-state index contributed by atoms with van der Waals surface area (Å²) in [4.78, 5) is 49.4. The third-order valence-corrected chi connectivity index (χ3v) is 7.74. The zero-order chi connectivity index (χ0) is 25.3. The molecule has 0 bridgehead atoms. The summed E-state index contributed by atoms with van der Waals surface area (Å²) < 4.78 is 0. The Kier molecular flexibility index (Phi) is 7.13. The summed E-state index contributed by atoms with van der Waals surface area (Å²) in [5.74, 6) is 3.64. The SMILES string of the molecule is CC(C)O/N=C(\C(=O)N[C@@H]1C(=O)N2C(C(=O)O)=C(CSc3nnnn3N)CS[C@@H]12)c1csc(N)n1. The Morgan fingerprint density at radius 1 is 1.46 bits per heavy atom. The number of anilines is 1. The number of hydrogen-bond donors (Lipinski definition) is 4. The van der Waals surface area contributed by atoms with Crippen LogP contribution in [0.1, 0.15) is 19.5 Å². The normalized spacial score (nSPS) is 20.0. The topological polar surface area (TPSA) is 217 Å². The fraction of sp³-hybridized carbons (Fsp3) is 0.412. The van der Waals surface area contributed by atoms with E-state index in [0.717, 1.165) is 27.9 Å². The van der Waals surface area contributed by atoms with Crippen molar-refractivity contribution in [2.24, 2.45) is 5.16 Å². The first-order valence-corrected chi connectivity index (χ1v) is 12.9. The van der Waals surface area contributed by atoms with E-state index in [4.69, 9.17) is 16.4 Å². The fourth-order valence-corrected chi connectivity index (χ4v) is 6.02. The van der Waals surface area contributed by atoms with Gasteiger partial charge in [0, 0.05) is 16.9 Å². The van der Waals surface area contributed by atoms with Crippen molar-refractivity contribution < 1.29 is 24.3 Å². The molecule has 2 amide bonds. The summed E-state index contributed by atoms with van der Waals surface area (Å²) in [6, 6.07) is -0.951. The van der Waals surface area contributed by atoms with Crippen molar-refractivity contribution in [1.82, 2.24) is 35.5 Å². The van der Waals surface area contributed by atoms with Crippen LogP contribution in [0.4, 0.5) is 5.13 Å². The number of tetrazole rings is 1. The molecule has 0 radical (unpaired) electrons. The van der Waals surface area contributed by atoms with Gasteiger partial charge >= 0.3 is 5.97 Å². The van der Waals surface area contributed by atoms with E-state index in [1.165, 1.54) is 16.7 Å². The lowest BCUT2D eigenvalue weighted by molar-refractivity contribution is -0.150. The number of aliphatic carboxylic acids is 1. The number of nitrogens with one attached hydrogen (secondary N) is 1. The van der Waals surface area contributed by atoms with Crippen LogP contribution in [-0.2, 0) is 19.2 Å². The van der Waals surface area contributed by atoms with Crippen molar-refractivity contribution in [3.8, 4) is 0 Å². The zero-order valence-electron chi connectivity index (χ0n) is 18.3. The van der Waals surface area contributed by atoms with Crippen LogP contribution in [0.2, 0.25) is 0 Å². The quantitative estimate of drug-likeness (QED) is 0.0996. The number of nitrogens with zero attached hydrogens (tertiary/aromatic N) is 7. The number of oxime groups is 1. The van der Waals surface area contributed by atoms with Crippen LogP contribution < -0.4 is 16.9 Å². The second-order valence-corrected chi connectivity index (χ2v) is 10.4. The molecule has 2 aliphatic heterocycles. The Morgan fingerprint density at radius 2 is 2.23 bits per heavy atom. The number of thioether (sulfide) groups is 2. The standard InChI is InChI=1S/C17H20N10O5S3/c1-6(2)32-23-9(8-5-34-16(18)20-8)12(28)21-10-13(29)26-11(15(30)31)7(3-33-14(10)26)4-35-17-22-24-25-27(17)19/h5-6,10,14H,3-4,19H2,1-2H3,(H2,18,20)(H,21,28)(H,30,31)/b23-9-/t10-,14+/m1/s1. The van der Waals surface area contributed by atoms with Gasteiger partial charge < -0.3 is 26.8 Å². The van der Waals surface area contributed by atoms with Gasteiger partial charge in [0.05, 0.1) is 0 Å². The number of aromatic nitrogens is 5. The van der Waals surface area contributed by atoms with Crippen molar-refractivity contribution in [1.29, 1.82) is 0 Å². The summed E-state index contributed by atoms with van der Waals surface area (Å²) >= 11 is 3.60. The van der Waals surface area contributed by atoms with E-state index in [1.807, 2.05) is 0 Å². The lowest BCUT2D eigenvalue weighted by Gasteiger charge is -2.49. The van der Waals surface area contributed by atoms with E-state index in [0.29, 0.717) is 16.5 Å². The largest absolute Gasteiger partial charge is 0.477 e. The summed E-state index contributed by atoms with van der Waals surface area (Å²) in [6.45, 7) is 3.48. The van der Waals surface area contributed by atoms with Gasteiger partial charge in [-0.15, -0.1) is 27.9 Å². The Labute approximate surface area is 210 Å². The molecule has 4 rings (SSSR count). The number of fused-ring (bicyclic) bond motifs is 1. The molecule has 186 valence electrons. The molecular formula is C17H20N10O5S3. The number of carbonyl (C=O) groups excluding carboxylic acids is 2. The van der Waals surface area contributed by atoms with Gasteiger partial charge in [-0.05, 0) is 29.8 Å². The maximum Gasteiger partial charge on any atom is 0.352 e. The van der Waals surface area contributed by atoms with Gasteiger partial charge in [-0.3, -0.25) is 14.5 Å². The average Bonchev–Trinajstić information content (AvgIpc) is 3.42. The van der Waals surface area contributed by atoms with E-state index in [-0.39, 0.29) is 34.1 Å². The van der Waals surface area contributed by atoms with Gasteiger partial charge in [0.25, 0.3) is 11.8 Å². The lowest BCUT2D eigenvalue weighted by atomic mass is 10.0. The minimum absolute atomic E-state index is 0.128. The van der Waals surface area contributed by atoms with E-state index in [9.17, 15) is 19.5 Å². The smallest absolute Gasteiger partial charge is 0.352 e. The summed E-state index contributed by atoms with van der Waals surface area (Å²) in [5, 5.41) is 28.5. The molecule has 2 atom stereocenters. The summed E-state index contributed by atoms with van der Waals surface area (Å²) in [7, 11) is 0. The van der Waals surface area contributed by atoms with E-state index in [1.54, 1.807) is 19.2 Å². The maximum atomic E-state index is 13.0. The first-order chi connectivity index (χ1) is 16.7.